The average Bonchev–Trinajstić information content (AvgIpc) is 3.87. The van der Waals surface area contributed by atoms with Crippen LogP contribution in [-0.4, -0.2) is 63.3 Å². The fraction of sp³-hybridized carbons (Fsp3) is 0.302. The molecule has 300 valence electrons. The molecule has 2 unspecified atom stereocenters. The van der Waals surface area contributed by atoms with Gasteiger partial charge in [-0.25, -0.2) is 9.59 Å². The van der Waals surface area contributed by atoms with Crippen molar-refractivity contribution in [1.29, 1.82) is 0 Å². The fourth-order valence-electron chi connectivity index (χ4n) is 5.38. The number of thiophene rings is 2. The molecule has 2 amide bonds. The van der Waals surface area contributed by atoms with Gasteiger partial charge >= 0.3 is 18.2 Å². The van der Waals surface area contributed by atoms with E-state index in [9.17, 15) is 19.2 Å². The second kappa shape index (κ2) is 20.3. The van der Waals surface area contributed by atoms with Crippen LogP contribution in [0.15, 0.2) is 107 Å². The number of carboxylic acids is 1. The molecule has 4 heterocycles. The number of carbonyl (C=O) groups is 4. The highest BCUT2D eigenvalue weighted by Crippen LogP contribution is 2.23. The van der Waals surface area contributed by atoms with Crippen LogP contribution < -0.4 is 16.4 Å². The third-order valence-corrected chi connectivity index (χ3v) is 9.43. The van der Waals surface area contributed by atoms with E-state index in [1.165, 1.54) is 22.7 Å². The van der Waals surface area contributed by atoms with Crippen LogP contribution in [0.2, 0.25) is 0 Å². The number of hydrogen-bond acceptors (Lipinski definition) is 11. The van der Waals surface area contributed by atoms with Gasteiger partial charge in [-0.2, -0.15) is 22.7 Å². The molecule has 0 radical (unpaired) electrons. The van der Waals surface area contributed by atoms with Crippen LogP contribution in [0.1, 0.15) is 70.1 Å². The maximum Gasteiger partial charge on any atom is 0.407 e. The van der Waals surface area contributed by atoms with E-state index >= 15 is 0 Å². The van der Waals surface area contributed by atoms with Gasteiger partial charge in [0.05, 0.1) is 11.8 Å². The average molecular weight is 812 g/mol. The number of alkyl carbamates (subject to hydrolysis) is 2. The quantitative estimate of drug-likeness (QED) is 0.0975. The molecule has 0 aliphatic carbocycles. The van der Waals surface area contributed by atoms with Crippen molar-refractivity contribution >= 4 is 73.8 Å². The van der Waals surface area contributed by atoms with Gasteiger partial charge in [0, 0.05) is 60.8 Å². The topological polar surface area (TPSA) is 183 Å². The number of nitrogens with zero attached hydrogens (tertiary/aromatic N) is 2. The number of carbonyl (C=O) groups excluding carboxylic acids is 3. The predicted octanol–water partition coefficient (Wildman–Crippen LogP) is 8.97. The molecule has 0 saturated heterocycles. The number of Topliss-reactive ketones (excluding diaryl/α,β-unsaturated/α-hetero) is 1. The summed E-state index contributed by atoms with van der Waals surface area (Å²) >= 11 is 2.96. The van der Waals surface area contributed by atoms with Crippen LogP contribution in [0.3, 0.4) is 0 Å². The van der Waals surface area contributed by atoms with Gasteiger partial charge < -0.3 is 30.9 Å². The molecule has 2 aromatic carbocycles. The third kappa shape index (κ3) is 15.0. The SMILES string of the molecule is CC(C)(C)OC(=O)NCC(C(=O)Cc1ccc2cnccc2c1)c1ccsc1.CC(C)(C)OC(=O)NCC(C(=O)O)c1ccsc1.Nc1ccc2cnccc2c1. The maximum atomic E-state index is 13.0. The highest BCUT2D eigenvalue weighted by atomic mass is 32.1. The van der Waals surface area contributed by atoms with Gasteiger partial charge in [-0.3, -0.25) is 19.6 Å². The number of hydrogen-bond donors (Lipinski definition) is 4. The minimum absolute atomic E-state index is 0.0149. The first-order chi connectivity index (χ1) is 27.0. The van der Waals surface area contributed by atoms with Crippen LogP contribution >= 0.6 is 22.7 Å². The van der Waals surface area contributed by atoms with Gasteiger partial charge in [0.1, 0.15) is 17.0 Å². The zero-order valence-electron chi connectivity index (χ0n) is 32.9. The molecular formula is C43H49N5O7S2. The minimum atomic E-state index is -0.968. The van der Waals surface area contributed by atoms with Crippen LogP contribution in [0.5, 0.6) is 0 Å². The van der Waals surface area contributed by atoms with Gasteiger partial charge in [0.25, 0.3) is 0 Å². The fourth-order valence-corrected chi connectivity index (χ4v) is 6.81. The molecule has 12 nitrogen and oxygen atoms in total. The Kier molecular flexibility index (Phi) is 15.7. The number of amides is 2. The largest absolute Gasteiger partial charge is 0.481 e. The summed E-state index contributed by atoms with van der Waals surface area (Å²) in [5, 5.41) is 26.1. The first-order valence-corrected chi connectivity index (χ1v) is 20.0. The van der Waals surface area contributed by atoms with E-state index in [2.05, 4.69) is 20.6 Å². The molecule has 6 aromatic rings. The molecule has 4 aromatic heterocycles. The zero-order chi connectivity index (χ0) is 41.6. The van der Waals surface area contributed by atoms with Crippen LogP contribution in [0, 0.1) is 0 Å². The van der Waals surface area contributed by atoms with E-state index in [1.807, 2.05) is 92.3 Å². The van der Waals surface area contributed by atoms with Gasteiger partial charge in [-0.05, 0) is 127 Å². The van der Waals surface area contributed by atoms with E-state index in [0.717, 1.165) is 38.4 Å². The zero-order valence-corrected chi connectivity index (χ0v) is 34.5. The van der Waals surface area contributed by atoms with Crippen molar-refractivity contribution in [1.82, 2.24) is 20.6 Å². The first-order valence-electron chi connectivity index (χ1n) is 18.1. The Hall–Kier alpha value is -5.86. The summed E-state index contributed by atoms with van der Waals surface area (Å²) in [5.41, 5.74) is 7.77. The van der Waals surface area contributed by atoms with Gasteiger partial charge in [-0.1, -0.05) is 24.3 Å². The Labute approximate surface area is 340 Å². The monoisotopic (exact) mass is 811 g/mol. The standard InChI is InChI=1S/C22H24N2O3S.C12H17NO4S.C9H8N2/c1-22(2,3)27-21(26)24-13-19(18-7-9-28-14-18)20(25)11-15-4-5-17-12-23-8-6-16(17)10-15;1-12(2,3)17-11(16)13-6-9(10(14)15)8-4-5-18-7-8;10-9-2-1-8-6-11-4-3-7(8)5-9/h4-10,12,14,19H,11,13H2,1-3H3,(H,24,26);4-5,7,9H,6H2,1-3H3,(H,13,16)(H,14,15);1-6H,10H2. The Balaban J connectivity index is 0.000000211. The van der Waals surface area contributed by atoms with Gasteiger partial charge in [-0.15, -0.1) is 0 Å². The molecule has 0 aliphatic heterocycles. The summed E-state index contributed by atoms with van der Waals surface area (Å²) < 4.78 is 10.3. The van der Waals surface area contributed by atoms with Crippen molar-refractivity contribution in [2.24, 2.45) is 0 Å². The molecule has 14 heteroatoms. The molecule has 0 saturated carbocycles. The molecule has 5 N–H and O–H groups in total. The second-order valence-electron chi connectivity index (χ2n) is 15.0. The number of rotatable bonds is 10. The predicted molar refractivity (Wildman–Crippen MR) is 227 cm³/mol. The van der Waals surface area contributed by atoms with E-state index < -0.39 is 41.2 Å². The number of nitrogens with one attached hydrogen (secondary N) is 2. The number of benzene rings is 2. The van der Waals surface area contributed by atoms with Crippen molar-refractivity contribution < 1.29 is 33.8 Å². The lowest BCUT2D eigenvalue weighted by Gasteiger charge is -2.21. The molecule has 57 heavy (non-hydrogen) atoms. The van der Waals surface area contributed by atoms with Crippen molar-refractivity contribution in [3.63, 3.8) is 0 Å². The van der Waals surface area contributed by atoms with Crippen LogP contribution in [0.25, 0.3) is 21.5 Å². The molecule has 0 fully saturated rings. The molecule has 0 spiro atoms. The first kappa shape index (κ1) is 43.9. The summed E-state index contributed by atoms with van der Waals surface area (Å²) in [6.07, 6.45) is 6.32. The molecule has 0 aliphatic rings. The number of ketones is 1. The number of nitrogens with two attached hydrogens (primary N) is 1. The molecule has 2 atom stereocenters. The molecule has 0 bridgehead atoms. The van der Waals surface area contributed by atoms with Crippen molar-refractivity contribution in [2.75, 3.05) is 18.8 Å². The summed E-state index contributed by atoms with van der Waals surface area (Å²) in [6.45, 7) is 10.9. The van der Waals surface area contributed by atoms with E-state index in [1.54, 1.807) is 56.2 Å². The number of ether oxygens (including phenoxy) is 2. The summed E-state index contributed by atoms with van der Waals surface area (Å²) in [4.78, 5) is 55.7. The lowest BCUT2D eigenvalue weighted by atomic mass is 9.92. The number of nitrogen functional groups attached to an aromatic ring is 1. The number of fused-ring (bicyclic) bond motifs is 2. The second-order valence-corrected chi connectivity index (χ2v) is 16.6. The number of carboxylic acid groups (broad SMARTS) is 1. The Morgan fingerprint density at radius 3 is 1.67 bits per heavy atom. The summed E-state index contributed by atoms with van der Waals surface area (Å²) in [5.74, 6) is -2.07. The maximum absolute atomic E-state index is 13.0. The Morgan fingerprint density at radius 1 is 0.684 bits per heavy atom. The Morgan fingerprint density at radius 2 is 1.18 bits per heavy atom. The van der Waals surface area contributed by atoms with E-state index in [4.69, 9.17) is 20.3 Å². The normalized spacial score (nSPS) is 12.2. The smallest absolute Gasteiger partial charge is 0.407 e. The third-order valence-electron chi connectivity index (χ3n) is 8.02. The summed E-state index contributed by atoms with van der Waals surface area (Å²) in [6, 6.07) is 19.3. The van der Waals surface area contributed by atoms with E-state index in [0.29, 0.717) is 12.0 Å². The molecular weight excluding hydrogens is 763 g/mol. The highest BCUT2D eigenvalue weighted by molar-refractivity contribution is 7.08. The van der Waals surface area contributed by atoms with Crippen LogP contribution in [-0.2, 0) is 25.5 Å². The molecule has 6 rings (SSSR count). The highest BCUT2D eigenvalue weighted by Gasteiger charge is 2.25. The number of pyridine rings is 2. The lowest BCUT2D eigenvalue weighted by molar-refractivity contribution is -0.138. The number of anilines is 1. The minimum Gasteiger partial charge on any atom is -0.481 e. The van der Waals surface area contributed by atoms with Crippen LogP contribution in [0.4, 0.5) is 15.3 Å². The van der Waals surface area contributed by atoms with Gasteiger partial charge in [0.15, 0.2) is 0 Å². The lowest BCUT2D eigenvalue weighted by Crippen LogP contribution is -2.36. The van der Waals surface area contributed by atoms with Crippen molar-refractivity contribution in [2.45, 2.75) is 71.0 Å². The van der Waals surface area contributed by atoms with Gasteiger partial charge in [0.2, 0.25) is 0 Å². The summed E-state index contributed by atoms with van der Waals surface area (Å²) in [7, 11) is 0. The van der Waals surface area contributed by atoms with Crippen molar-refractivity contribution in [3.8, 4) is 0 Å². The van der Waals surface area contributed by atoms with E-state index in [-0.39, 0.29) is 18.9 Å². The number of aromatic nitrogens is 2. The Bertz CT molecular complexity index is 2230. The van der Waals surface area contributed by atoms with Crippen molar-refractivity contribution in [3.05, 3.63) is 124 Å². The number of aliphatic carboxylic acids is 1.